The van der Waals surface area contributed by atoms with Gasteiger partial charge in [-0.05, 0) is 64.1 Å². The Bertz CT molecular complexity index is 432. The third-order valence-electron chi connectivity index (χ3n) is 4.49. The number of aryl methyl sites for hydroxylation is 1. The monoisotopic (exact) mass is 275 g/mol. The lowest BCUT2D eigenvalue weighted by molar-refractivity contribution is -0.152. The molecule has 1 aliphatic heterocycles. The van der Waals surface area contributed by atoms with Gasteiger partial charge in [0.1, 0.15) is 5.54 Å². The molecule has 2 rings (SSSR count). The van der Waals surface area contributed by atoms with E-state index in [1.807, 2.05) is 13.0 Å². The van der Waals surface area contributed by atoms with Gasteiger partial charge in [-0.1, -0.05) is 30.3 Å². The maximum atomic E-state index is 11.5. The zero-order valence-electron chi connectivity index (χ0n) is 12.3. The summed E-state index contributed by atoms with van der Waals surface area (Å²) < 4.78 is 0. The molecule has 1 aliphatic rings. The van der Waals surface area contributed by atoms with Crippen LogP contribution in [-0.2, 0) is 11.2 Å². The highest BCUT2D eigenvalue weighted by Gasteiger charge is 2.40. The van der Waals surface area contributed by atoms with E-state index in [0.717, 1.165) is 51.6 Å². The third kappa shape index (κ3) is 3.60. The number of carboxylic acids is 1. The number of hydrogen-bond acceptors (Lipinski definition) is 2. The molecular formula is C17H25NO2. The molecule has 3 heteroatoms. The van der Waals surface area contributed by atoms with E-state index in [0.29, 0.717) is 0 Å². The van der Waals surface area contributed by atoms with Gasteiger partial charge in [0.15, 0.2) is 0 Å². The summed E-state index contributed by atoms with van der Waals surface area (Å²) in [6, 6.07) is 10.5. The third-order valence-corrected chi connectivity index (χ3v) is 4.49. The zero-order chi connectivity index (χ0) is 14.4. The molecular weight excluding hydrogens is 250 g/mol. The Morgan fingerprint density at radius 1 is 1.25 bits per heavy atom. The van der Waals surface area contributed by atoms with E-state index >= 15 is 0 Å². The SMILES string of the molecule is CC1(C(=O)O)CCCCN1CCCCc1ccccc1. The number of benzene rings is 1. The van der Waals surface area contributed by atoms with Crippen molar-refractivity contribution < 1.29 is 9.90 Å². The van der Waals surface area contributed by atoms with Crippen LogP contribution in [0.1, 0.15) is 44.6 Å². The Labute approximate surface area is 121 Å². The van der Waals surface area contributed by atoms with Crippen LogP contribution >= 0.6 is 0 Å². The predicted molar refractivity (Wildman–Crippen MR) is 80.8 cm³/mol. The van der Waals surface area contributed by atoms with E-state index in [4.69, 9.17) is 0 Å². The second-order valence-electron chi connectivity index (χ2n) is 5.97. The Kier molecular flexibility index (Phi) is 5.18. The quantitative estimate of drug-likeness (QED) is 0.809. The van der Waals surface area contributed by atoms with E-state index in [2.05, 4.69) is 29.2 Å². The van der Waals surface area contributed by atoms with Crippen molar-refractivity contribution in [3.05, 3.63) is 35.9 Å². The lowest BCUT2D eigenvalue weighted by atomic mass is 9.88. The summed E-state index contributed by atoms with van der Waals surface area (Å²) in [6.07, 6.45) is 6.21. The van der Waals surface area contributed by atoms with E-state index < -0.39 is 11.5 Å². The zero-order valence-corrected chi connectivity index (χ0v) is 12.3. The molecule has 1 heterocycles. The van der Waals surface area contributed by atoms with E-state index in [9.17, 15) is 9.90 Å². The van der Waals surface area contributed by atoms with Gasteiger partial charge in [0.25, 0.3) is 0 Å². The van der Waals surface area contributed by atoms with Crippen LogP contribution in [0.5, 0.6) is 0 Å². The molecule has 1 atom stereocenters. The smallest absolute Gasteiger partial charge is 0.323 e. The first kappa shape index (κ1) is 15.0. The molecule has 1 saturated heterocycles. The van der Waals surface area contributed by atoms with Crippen LogP contribution in [0.3, 0.4) is 0 Å². The fourth-order valence-electron chi connectivity index (χ4n) is 3.05. The minimum atomic E-state index is -0.666. The molecule has 0 amide bonds. The van der Waals surface area contributed by atoms with Gasteiger partial charge in [-0.2, -0.15) is 0 Å². The maximum absolute atomic E-state index is 11.5. The summed E-state index contributed by atoms with van der Waals surface area (Å²) in [5, 5.41) is 9.46. The van der Waals surface area contributed by atoms with Crippen LogP contribution in [0.4, 0.5) is 0 Å². The second kappa shape index (κ2) is 6.89. The van der Waals surface area contributed by atoms with Crippen LogP contribution in [0.15, 0.2) is 30.3 Å². The van der Waals surface area contributed by atoms with Gasteiger partial charge < -0.3 is 5.11 Å². The summed E-state index contributed by atoms with van der Waals surface area (Å²) in [7, 11) is 0. The molecule has 0 radical (unpaired) electrons. The summed E-state index contributed by atoms with van der Waals surface area (Å²) in [6.45, 7) is 3.70. The largest absolute Gasteiger partial charge is 0.480 e. The lowest BCUT2D eigenvalue weighted by Gasteiger charge is -2.41. The molecule has 0 aromatic heterocycles. The fourth-order valence-corrected chi connectivity index (χ4v) is 3.05. The predicted octanol–water partition coefficient (Wildman–Crippen LogP) is 3.34. The number of piperidine rings is 1. The van der Waals surface area contributed by atoms with Gasteiger partial charge in [0.2, 0.25) is 0 Å². The van der Waals surface area contributed by atoms with E-state index in [1.165, 1.54) is 5.56 Å². The number of aliphatic carboxylic acids is 1. The standard InChI is InChI=1S/C17H25NO2/c1-17(16(19)20)12-6-8-14-18(17)13-7-5-11-15-9-3-2-4-10-15/h2-4,9-10H,5-8,11-14H2,1H3,(H,19,20). The Hall–Kier alpha value is -1.35. The number of unbranched alkanes of at least 4 members (excludes halogenated alkanes) is 1. The minimum absolute atomic E-state index is 0.648. The fraction of sp³-hybridized carbons (Fsp3) is 0.588. The topological polar surface area (TPSA) is 40.5 Å². The van der Waals surface area contributed by atoms with Gasteiger partial charge in [0.05, 0.1) is 0 Å². The van der Waals surface area contributed by atoms with Crippen molar-refractivity contribution in [2.75, 3.05) is 13.1 Å². The van der Waals surface area contributed by atoms with Gasteiger partial charge >= 0.3 is 5.97 Å². The molecule has 0 bridgehead atoms. The highest BCUT2D eigenvalue weighted by Crippen LogP contribution is 2.28. The number of hydrogen-bond donors (Lipinski definition) is 1. The number of carboxylic acid groups (broad SMARTS) is 1. The molecule has 3 nitrogen and oxygen atoms in total. The number of carbonyl (C=O) groups is 1. The first-order valence-corrected chi connectivity index (χ1v) is 7.65. The molecule has 0 saturated carbocycles. The van der Waals surface area contributed by atoms with Crippen molar-refractivity contribution in [2.24, 2.45) is 0 Å². The summed E-state index contributed by atoms with van der Waals surface area (Å²) in [5.41, 5.74) is 0.720. The highest BCUT2D eigenvalue weighted by atomic mass is 16.4. The van der Waals surface area contributed by atoms with Crippen LogP contribution in [0, 0.1) is 0 Å². The van der Waals surface area contributed by atoms with E-state index in [1.54, 1.807) is 0 Å². The number of rotatable bonds is 6. The molecule has 0 spiro atoms. The Balaban J connectivity index is 1.79. The average molecular weight is 275 g/mol. The van der Waals surface area contributed by atoms with Crippen molar-refractivity contribution in [2.45, 2.75) is 51.0 Å². The summed E-state index contributed by atoms with van der Waals surface area (Å²) in [4.78, 5) is 13.7. The maximum Gasteiger partial charge on any atom is 0.323 e. The van der Waals surface area contributed by atoms with Gasteiger partial charge in [0, 0.05) is 0 Å². The second-order valence-corrected chi connectivity index (χ2v) is 5.97. The van der Waals surface area contributed by atoms with Gasteiger partial charge in [-0.3, -0.25) is 9.69 Å². The summed E-state index contributed by atoms with van der Waals surface area (Å²) in [5.74, 6) is -0.666. The molecule has 1 N–H and O–H groups in total. The van der Waals surface area contributed by atoms with Crippen molar-refractivity contribution in [1.82, 2.24) is 4.90 Å². The molecule has 1 fully saturated rings. The first-order chi connectivity index (χ1) is 9.63. The van der Waals surface area contributed by atoms with Gasteiger partial charge in [-0.15, -0.1) is 0 Å². The Morgan fingerprint density at radius 2 is 2.00 bits per heavy atom. The average Bonchev–Trinajstić information content (AvgIpc) is 2.46. The van der Waals surface area contributed by atoms with Crippen LogP contribution < -0.4 is 0 Å². The van der Waals surface area contributed by atoms with Crippen LogP contribution in [0.2, 0.25) is 0 Å². The number of likely N-dealkylation sites (tertiary alicyclic amines) is 1. The van der Waals surface area contributed by atoms with Gasteiger partial charge in [-0.25, -0.2) is 0 Å². The molecule has 110 valence electrons. The summed E-state index contributed by atoms with van der Waals surface area (Å²) >= 11 is 0. The molecule has 0 aliphatic carbocycles. The highest BCUT2D eigenvalue weighted by molar-refractivity contribution is 5.78. The normalized spacial score (nSPS) is 23.6. The lowest BCUT2D eigenvalue weighted by Crippen LogP contribution is -2.55. The first-order valence-electron chi connectivity index (χ1n) is 7.65. The van der Waals surface area contributed by atoms with Crippen molar-refractivity contribution >= 4 is 5.97 Å². The van der Waals surface area contributed by atoms with E-state index in [-0.39, 0.29) is 0 Å². The van der Waals surface area contributed by atoms with Crippen LogP contribution in [-0.4, -0.2) is 34.6 Å². The molecule has 1 unspecified atom stereocenters. The van der Waals surface area contributed by atoms with Crippen molar-refractivity contribution in [3.8, 4) is 0 Å². The Morgan fingerprint density at radius 3 is 2.70 bits per heavy atom. The minimum Gasteiger partial charge on any atom is -0.480 e. The number of nitrogens with zero attached hydrogens (tertiary/aromatic N) is 1. The molecule has 1 aromatic rings. The molecule has 20 heavy (non-hydrogen) atoms. The van der Waals surface area contributed by atoms with Crippen molar-refractivity contribution in [3.63, 3.8) is 0 Å². The van der Waals surface area contributed by atoms with Crippen molar-refractivity contribution in [1.29, 1.82) is 0 Å². The van der Waals surface area contributed by atoms with Crippen LogP contribution in [0.25, 0.3) is 0 Å². The molecule has 1 aromatic carbocycles.